The molecule has 0 bridgehead atoms. The number of anilines is 1. The predicted molar refractivity (Wildman–Crippen MR) is 107 cm³/mol. The second-order valence-electron chi connectivity index (χ2n) is 7.23. The van der Waals surface area contributed by atoms with Crippen LogP contribution in [0.2, 0.25) is 0 Å². The zero-order chi connectivity index (χ0) is 20.8. The Bertz CT molecular complexity index is 828. The first-order valence-electron chi connectivity index (χ1n) is 9.68. The van der Waals surface area contributed by atoms with E-state index in [4.69, 9.17) is 4.74 Å². The second-order valence-corrected chi connectivity index (χ2v) is 7.23. The largest absolute Gasteiger partial charge is 0.444 e. The minimum Gasteiger partial charge on any atom is -0.444 e. The van der Waals surface area contributed by atoms with Crippen molar-refractivity contribution < 1.29 is 23.8 Å². The highest BCUT2D eigenvalue weighted by molar-refractivity contribution is 5.94. The van der Waals surface area contributed by atoms with Gasteiger partial charge in [-0.3, -0.25) is 4.79 Å². The number of nitrogens with one attached hydrogen (secondary N) is 1. The average molecular weight is 400 g/mol. The Morgan fingerprint density at radius 3 is 2.52 bits per heavy atom. The molecule has 0 spiro atoms. The standard InChI is InChI=1S/C22H25FN2O4/c1-15-14-25(22(28)29-15)21(27)17(13-24-19-5-3-2-4-6-19)9-12-20(26)16-7-10-18(23)11-8-16/h2-8,10-11,15,17,20,24,26H,9,12-14H2,1H3. The summed E-state index contributed by atoms with van der Waals surface area (Å²) in [6.07, 6.45) is -1.14. The molecule has 3 atom stereocenters. The summed E-state index contributed by atoms with van der Waals surface area (Å²) in [5, 5.41) is 13.6. The van der Waals surface area contributed by atoms with E-state index in [1.54, 1.807) is 6.92 Å². The third-order valence-electron chi connectivity index (χ3n) is 4.95. The van der Waals surface area contributed by atoms with Crippen molar-refractivity contribution in [2.24, 2.45) is 5.92 Å². The minimum absolute atomic E-state index is 0.222. The summed E-state index contributed by atoms with van der Waals surface area (Å²) in [4.78, 5) is 26.1. The molecule has 2 N–H and O–H groups in total. The first kappa shape index (κ1) is 20.8. The van der Waals surface area contributed by atoms with Gasteiger partial charge in [-0.1, -0.05) is 30.3 Å². The number of halogens is 1. The van der Waals surface area contributed by atoms with Gasteiger partial charge in [0.25, 0.3) is 0 Å². The lowest BCUT2D eigenvalue weighted by molar-refractivity contribution is -0.132. The Hall–Kier alpha value is -2.93. The summed E-state index contributed by atoms with van der Waals surface area (Å²) in [6, 6.07) is 15.1. The van der Waals surface area contributed by atoms with Crippen LogP contribution >= 0.6 is 0 Å². The Labute approximate surface area is 169 Å². The predicted octanol–water partition coefficient (Wildman–Crippen LogP) is 3.73. The monoisotopic (exact) mass is 400 g/mol. The summed E-state index contributed by atoms with van der Waals surface area (Å²) < 4.78 is 18.2. The zero-order valence-electron chi connectivity index (χ0n) is 16.3. The molecule has 0 radical (unpaired) electrons. The number of rotatable bonds is 8. The lowest BCUT2D eigenvalue weighted by Gasteiger charge is -2.22. The molecular formula is C22H25FN2O4. The molecule has 7 heteroatoms. The van der Waals surface area contributed by atoms with Crippen molar-refractivity contribution >= 4 is 17.7 Å². The van der Waals surface area contributed by atoms with E-state index in [0.717, 1.165) is 10.6 Å². The number of hydrogen-bond acceptors (Lipinski definition) is 5. The highest BCUT2D eigenvalue weighted by Gasteiger charge is 2.36. The first-order chi connectivity index (χ1) is 13.9. The normalized spacial score (nSPS) is 18.2. The third kappa shape index (κ3) is 5.54. The Morgan fingerprint density at radius 2 is 1.90 bits per heavy atom. The molecule has 154 valence electrons. The van der Waals surface area contributed by atoms with Crippen LogP contribution in [0.5, 0.6) is 0 Å². The number of aliphatic hydroxyl groups excluding tert-OH is 1. The Balaban J connectivity index is 1.66. The van der Waals surface area contributed by atoms with Crippen LogP contribution in [0.3, 0.4) is 0 Å². The second kappa shape index (κ2) is 9.52. The van der Waals surface area contributed by atoms with Crippen LogP contribution in [-0.4, -0.2) is 41.2 Å². The molecule has 29 heavy (non-hydrogen) atoms. The van der Waals surface area contributed by atoms with Crippen molar-refractivity contribution in [3.63, 3.8) is 0 Å². The number of hydrogen-bond donors (Lipinski definition) is 2. The van der Waals surface area contributed by atoms with E-state index < -0.39 is 18.1 Å². The number of benzene rings is 2. The van der Waals surface area contributed by atoms with Gasteiger partial charge < -0.3 is 15.2 Å². The number of cyclic esters (lactones) is 1. The maximum Gasteiger partial charge on any atom is 0.416 e. The summed E-state index contributed by atoms with van der Waals surface area (Å²) >= 11 is 0. The number of para-hydroxylation sites is 1. The zero-order valence-corrected chi connectivity index (χ0v) is 16.3. The van der Waals surface area contributed by atoms with Gasteiger partial charge in [0.05, 0.1) is 18.6 Å². The van der Waals surface area contributed by atoms with Crippen LogP contribution in [0.1, 0.15) is 31.4 Å². The van der Waals surface area contributed by atoms with Crippen molar-refractivity contribution in [2.45, 2.75) is 32.0 Å². The van der Waals surface area contributed by atoms with Gasteiger partial charge in [-0.15, -0.1) is 0 Å². The molecule has 2 aromatic carbocycles. The lowest BCUT2D eigenvalue weighted by Crippen LogP contribution is -2.40. The van der Waals surface area contributed by atoms with Crippen LogP contribution < -0.4 is 5.32 Å². The summed E-state index contributed by atoms with van der Waals surface area (Å²) in [7, 11) is 0. The van der Waals surface area contributed by atoms with E-state index in [1.807, 2.05) is 30.3 Å². The smallest absolute Gasteiger partial charge is 0.416 e. The van der Waals surface area contributed by atoms with Gasteiger partial charge in [0.15, 0.2) is 0 Å². The van der Waals surface area contributed by atoms with Crippen LogP contribution in [-0.2, 0) is 9.53 Å². The number of imide groups is 1. The van der Waals surface area contributed by atoms with E-state index in [1.165, 1.54) is 24.3 Å². The summed E-state index contributed by atoms with van der Waals surface area (Å²) in [5.41, 5.74) is 1.45. The molecule has 1 aliphatic heterocycles. The number of ether oxygens (including phenoxy) is 1. The third-order valence-corrected chi connectivity index (χ3v) is 4.95. The molecule has 0 aromatic heterocycles. The van der Waals surface area contributed by atoms with Crippen molar-refractivity contribution in [2.75, 3.05) is 18.4 Å². The molecule has 0 aliphatic carbocycles. The van der Waals surface area contributed by atoms with E-state index in [9.17, 15) is 19.1 Å². The van der Waals surface area contributed by atoms with Gasteiger partial charge in [0, 0.05) is 12.2 Å². The molecule has 1 aliphatic rings. The van der Waals surface area contributed by atoms with Gasteiger partial charge in [0.2, 0.25) is 5.91 Å². The molecule has 0 saturated carbocycles. The number of carbonyl (C=O) groups is 2. The van der Waals surface area contributed by atoms with Crippen LogP contribution in [0.25, 0.3) is 0 Å². The SMILES string of the molecule is CC1CN(C(=O)C(CCC(O)c2ccc(F)cc2)CNc2ccccc2)C(=O)O1. The van der Waals surface area contributed by atoms with E-state index >= 15 is 0 Å². The fourth-order valence-corrected chi connectivity index (χ4v) is 3.33. The summed E-state index contributed by atoms with van der Waals surface area (Å²) in [5.74, 6) is -1.22. The van der Waals surface area contributed by atoms with Gasteiger partial charge in [0.1, 0.15) is 11.9 Å². The lowest BCUT2D eigenvalue weighted by atomic mass is 9.96. The van der Waals surface area contributed by atoms with Crippen LogP contribution in [0.15, 0.2) is 54.6 Å². The maximum atomic E-state index is 13.1. The number of aliphatic hydroxyl groups is 1. The first-order valence-corrected chi connectivity index (χ1v) is 9.68. The highest BCUT2D eigenvalue weighted by Crippen LogP contribution is 2.24. The van der Waals surface area contributed by atoms with Gasteiger partial charge >= 0.3 is 6.09 Å². The van der Waals surface area contributed by atoms with Crippen molar-refractivity contribution in [1.29, 1.82) is 0 Å². The van der Waals surface area contributed by atoms with Crippen molar-refractivity contribution in [3.8, 4) is 0 Å². The van der Waals surface area contributed by atoms with Gasteiger partial charge in [-0.25, -0.2) is 14.1 Å². The molecule has 1 heterocycles. The van der Waals surface area contributed by atoms with Gasteiger partial charge in [-0.2, -0.15) is 0 Å². The fourth-order valence-electron chi connectivity index (χ4n) is 3.33. The van der Waals surface area contributed by atoms with E-state index in [0.29, 0.717) is 24.9 Å². The fraction of sp³-hybridized carbons (Fsp3) is 0.364. The molecule has 1 fully saturated rings. The van der Waals surface area contributed by atoms with E-state index in [-0.39, 0.29) is 24.4 Å². The molecule has 6 nitrogen and oxygen atoms in total. The Kier molecular flexibility index (Phi) is 6.82. The molecular weight excluding hydrogens is 375 g/mol. The van der Waals surface area contributed by atoms with Crippen molar-refractivity contribution in [3.05, 3.63) is 66.0 Å². The molecule has 1 saturated heterocycles. The number of carbonyl (C=O) groups excluding carboxylic acids is 2. The quantitative estimate of drug-likeness (QED) is 0.706. The van der Waals surface area contributed by atoms with Gasteiger partial charge in [-0.05, 0) is 49.6 Å². The molecule has 3 rings (SSSR count). The number of nitrogens with zero attached hydrogens (tertiary/aromatic N) is 1. The van der Waals surface area contributed by atoms with Crippen LogP contribution in [0.4, 0.5) is 14.9 Å². The van der Waals surface area contributed by atoms with E-state index in [2.05, 4.69) is 5.32 Å². The van der Waals surface area contributed by atoms with Crippen molar-refractivity contribution in [1.82, 2.24) is 4.90 Å². The highest BCUT2D eigenvalue weighted by atomic mass is 19.1. The molecule has 2 amide bonds. The van der Waals surface area contributed by atoms with Crippen LogP contribution in [0, 0.1) is 11.7 Å². The summed E-state index contributed by atoms with van der Waals surface area (Å²) in [6.45, 7) is 2.28. The topological polar surface area (TPSA) is 78.9 Å². The average Bonchev–Trinajstić information content (AvgIpc) is 3.06. The maximum absolute atomic E-state index is 13.1. The molecule has 3 unspecified atom stereocenters. The number of amides is 2. The molecule has 2 aromatic rings. The Morgan fingerprint density at radius 1 is 1.21 bits per heavy atom. The minimum atomic E-state index is -0.827.